The number of hydrogen-bond donors (Lipinski definition) is 1. The fraction of sp³-hybridized carbons (Fsp3) is 0.500. The molecule has 0 aliphatic rings. The summed E-state index contributed by atoms with van der Waals surface area (Å²) in [6.07, 6.45) is 0. The Kier molecular flexibility index (Phi) is 4.01. The Morgan fingerprint density at radius 3 is 1.70 bits per heavy atom. The highest BCUT2D eigenvalue weighted by Crippen LogP contribution is 2.12. The number of carbonyl (C=O) groups is 2. The van der Waals surface area contributed by atoms with Crippen molar-refractivity contribution in [2.75, 3.05) is 0 Å². The van der Waals surface area contributed by atoms with Gasteiger partial charge in [-0.15, -0.1) is 23.2 Å². The Labute approximate surface area is 71.9 Å². The molecule has 0 radical (unpaired) electrons. The normalized spacial score (nSPS) is 15.9. The van der Waals surface area contributed by atoms with Crippen molar-refractivity contribution in [3.8, 4) is 0 Å². The van der Waals surface area contributed by atoms with Gasteiger partial charge in [0.25, 0.3) is 0 Å². The molecule has 0 saturated heterocycles. The second kappa shape index (κ2) is 4.01. The van der Waals surface area contributed by atoms with Gasteiger partial charge in [-0.25, -0.2) is 0 Å². The van der Waals surface area contributed by atoms with Crippen LogP contribution in [0.1, 0.15) is 0 Å². The SMILES string of the molecule is O=C(O)C(Cl)C(Cl)C(=O)Cl. The van der Waals surface area contributed by atoms with Gasteiger partial charge in [-0.1, -0.05) is 0 Å². The van der Waals surface area contributed by atoms with Crippen LogP contribution >= 0.6 is 34.8 Å². The van der Waals surface area contributed by atoms with Crippen molar-refractivity contribution < 1.29 is 14.7 Å². The molecule has 0 aromatic heterocycles. The second-order valence-electron chi connectivity index (χ2n) is 1.45. The second-order valence-corrected chi connectivity index (χ2v) is 2.76. The van der Waals surface area contributed by atoms with E-state index < -0.39 is 22.0 Å². The van der Waals surface area contributed by atoms with Crippen LogP contribution in [0.3, 0.4) is 0 Å². The molecule has 0 aliphatic carbocycles. The van der Waals surface area contributed by atoms with Crippen LogP contribution in [-0.2, 0) is 9.59 Å². The number of hydrogen-bond acceptors (Lipinski definition) is 2. The fourth-order valence-electron chi connectivity index (χ4n) is 0.240. The molecule has 0 amide bonds. The number of aliphatic carboxylic acids is 1. The third kappa shape index (κ3) is 2.73. The summed E-state index contributed by atoms with van der Waals surface area (Å²) in [4.78, 5) is 20.2. The molecule has 0 spiro atoms. The Morgan fingerprint density at radius 2 is 1.60 bits per heavy atom. The Balaban J connectivity index is 4.07. The van der Waals surface area contributed by atoms with Gasteiger partial charge >= 0.3 is 5.97 Å². The molecule has 2 unspecified atom stereocenters. The van der Waals surface area contributed by atoms with E-state index in [-0.39, 0.29) is 0 Å². The number of halogens is 3. The summed E-state index contributed by atoms with van der Waals surface area (Å²) < 4.78 is 0. The third-order valence-electron chi connectivity index (χ3n) is 0.710. The minimum atomic E-state index is -1.47. The molecule has 3 nitrogen and oxygen atoms in total. The van der Waals surface area contributed by atoms with Crippen molar-refractivity contribution in [2.24, 2.45) is 0 Å². The van der Waals surface area contributed by atoms with E-state index in [1.165, 1.54) is 0 Å². The summed E-state index contributed by atoms with van der Waals surface area (Å²) in [7, 11) is 0. The number of rotatable bonds is 3. The lowest BCUT2D eigenvalue weighted by Gasteiger charge is -2.05. The Hall–Kier alpha value is 0.01000. The predicted molar refractivity (Wildman–Crippen MR) is 37.8 cm³/mol. The first-order valence-corrected chi connectivity index (χ1v) is 3.42. The molecule has 1 N–H and O–H groups in total. The van der Waals surface area contributed by atoms with Crippen LogP contribution in [0.5, 0.6) is 0 Å². The maximum Gasteiger partial charge on any atom is 0.323 e. The average molecular weight is 205 g/mol. The number of alkyl halides is 2. The van der Waals surface area contributed by atoms with Crippen LogP contribution in [0, 0.1) is 0 Å². The number of carboxylic acid groups (broad SMARTS) is 1. The van der Waals surface area contributed by atoms with Gasteiger partial charge in [0.15, 0.2) is 5.38 Å². The molecule has 10 heavy (non-hydrogen) atoms. The van der Waals surface area contributed by atoms with Crippen molar-refractivity contribution in [1.29, 1.82) is 0 Å². The monoisotopic (exact) mass is 204 g/mol. The molecule has 0 heterocycles. The molecule has 0 fully saturated rings. The van der Waals surface area contributed by atoms with Crippen molar-refractivity contribution in [1.82, 2.24) is 0 Å². The minimum Gasteiger partial charge on any atom is -0.480 e. The van der Waals surface area contributed by atoms with Crippen molar-refractivity contribution in [3.63, 3.8) is 0 Å². The van der Waals surface area contributed by atoms with E-state index >= 15 is 0 Å². The van der Waals surface area contributed by atoms with Crippen LogP contribution in [0.2, 0.25) is 0 Å². The summed E-state index contributed by atoms with van der Waals surface area (Å²) >= 11 is 15.1. The summed E-state index contributed by atoms with van der Waals surface area (Å²) in [6.45, 7) is 0. The highest BCUT2D eigenvalue weighted by atomic mass is 35.5. The minimum absolute atomic E-state index is 0.968. The van der Waals surface area contributed by atoms with Crippen molar-refractivity contribution in [3.05, 3.63) is 0 Å². The van der Waals surface area contributed by atoms with Crippen LogP contribution in [0.25, 0.3) is 0 Å². The lowest BCUT2D eigenvalue weighted by atomic mass is 10.3. The topological polar surface area (TPSA) is 54.4 Å². The van der Waals surface area contributed by atoms with E-state index in [1.54, 1.807) is 0 Å². The largest absolute Gasteiger partial charge is 0.480 e. The Morgan fingerprint density at radius 1 is 1.20 bits per heavy atom. The summed E-state index contributed by atoms with van der Waals surface area (Å²) in [5.74, 6) is -1.37. The first-order valence-electron chi connectivity index (χ1n) is 2.17. The molecule has 6 heteroatoms. The lowest BCUT2D eigenvalue weighted by Crippen LogP contribution is -2.28. The van der Waals surface area contributed by atoms with Gasteiger partial charge < -0.3 is 5.11 Å². The van der Waals surface area contributed by atoms with Crippen LogP contribution in [0.4, 0.5) is 0 Å². The van der Waals surface area contributed by atoms with Gasteiger partial charge in [-0.2, -0.15) is 0 Å². The molecular formula is C4H3Cl3O3. The lowest BCUT2D eigenvalue weighted by molar-refractivity contribution is -0.137. The number of carbonyl (C=O) groups excluding carboxylic acids is 1. The van der Waals surface area contributed by atoms with Crippen molar-refractivity contribution in [2.45, 2.75) is 10.8 Å². The van der Waals surface area contributed by atoms with Crippen molar-refractivity contribution >= 4 is 46.0 Å². The van der Waals surface area contributed by atoms with E-state index in [9.17, 15) is 9.59 Å². The van der Waals surface area contributed by atoms with E-state index in [2.05, 4.69) is 0 Å². The highest BCUT2D eigenvalue weighted by Gasteiger charge is 2.28. The van der Waals surface area contributed by atoms with Gasteiger partial charge in [0.2, 0.25) is 5.24 Å². The molecule has 0 aliphatic heterocycles. The first-order chi connectivity index (χ1) is 4.46. The van der Waals surface area contributed by atoms with Gasteiger partial charge in [-0.3, -0.25) is 9.59 Å². The maximum atomic E-state index is 10.2. The standard InChI is InChI=1S/C4H3Cl3O3/c5-1(3(7)8)2(6)4(9)10/h1-2H,(H,9,10). The highest BCUT2D eigenvalue weighted by molar-refractivity contribution is 6.70. The van der Waals surface area contributed by atoms with Gasteiger partial charge in [0.05, 0.1) is 0 Å². The van der Waals surface area contributed by atoms with Gasteiger partial charge in [0.1, 0.15) is 5.38 Å². The third-order valence-corrected chi connectivity index (χ3v) is 2.07. The van der Waals surface area contributed by atoms with E-state index in [4.69, 9.17) is 39.9 Å². The van der Waals surface area contributed by atoms with Gasteiger partial charge in [0, 0.05) is 0 Å². The predicted octanol–water partition coefficient (Wildman–Crippen LogP) is 1.05. The molecule has 0 saturated carbocycles. The molecule has 2 atom stereocenters. The van der Waals surface area contributed by atoms with E-state index in [1.807, 2.05) is 0 Å². The van der Waals surface area contributed by atoms with Crippen LogP contribution < -0.4 is 0 Å². The summed E-state index contributed by atoms with van der Waals surface area (Å²) in [5, 5.41) is 4.37. The van der Waals surface area contributed by atoms with Crippen LogP contribution in [-0.4, -0.2) is 27.1 Å². The molecule has 0 rings (SSSR count). The molecule has 0 bridgehead atoms. The van der Waals surface area contributed by atoms with E-state index in [0.717, 1.165) is 0 Å². The zero-order chi connectivity index (χ0) is 8.31. The Bertz CT molecular complexity index is 140. The van der Waals surface area contributed by atoms with Gasteiger partial charge in [-0.05, 0) is 11.6 Å². The molecular weight excluding hydrogens is 202 g/mol. The summed E-state index contributed by atoms with van der Waals surface area (Å²) in [6, 6.07) is 0. The molecule has 0 aromatic carbocycles. The molecule has 0 aromatic rings. The average Bonchev–Trinajstić information content (AvgIpc) is 1.84. The zero-order valence-electron chi connectivity index (χ0n) is 4.55. The zero-order valence-corrected chi connectivity index (χ0v) is 6.82. The first kappa shape index (κ1) is 10.0. The quantitative estimate of drug-likeness (QED) is 0.553. The fourth-order valence-corrected chi connectivity index (χ4v) is 0.653. The van der Waals surface area contributed by atoms with Crippen LogP contribution in [0.15, 0.2) is 0 Å². The number of carboxylic acids is 1. The van der Waals surface area contributed by atoms with E-state index in [0.29, 0.717) is 0 Å². The maximum absolute atomic E-state index is 10.2. The summed E-state index contributed by atoms with van der Waals surface area (Å²) in [5.41, 5.74) is 0. The smallest absolute Gasteiger partial charge is 0.323 e. The molecule has 58 valence electrons.